The van der Waals surface area contributed by atoms with Crippen molar-refractivity contribution in [3.63, 3.8) is 0 Å². The number of hydrogen-bond donors (Lipinski definition) is 2. The van der Waals surface area contributed by atoms with Gasteiger partial charge in [-0.15, -0.1) is 0 Å². The fraction of sp³-hybridized carbons (Fsp3) is 0.200. The van der Waals surface area contributed by atoms with E-state index in [-0.39, 0.29) is 17.9 Å². The molecule has 0 bridgehead atoms. The first-order valence-electron chi connectivity index (χ1n) is 7.19. The SMILES string of the molecule is NNC(=O)CCCn1cnc2c(cnn2-c2ccccc2)c1=O. The summed E-state index contributed by atoms with van der Waals surface area (Å²) < 4.78 is 3.10. The molecular weight excluding hydrogens is 296 g/mol. The van der Waals surface area contributed by atoms with Crippen LogP contribution in [0.5, 0.6) is 0 Å². The maximum Gasteiger partial charge on any atom is 0.264 e. The Morgan fingerprint density at radius 1 is 1.26 bits per heavy atom. The molecule has 2 heterocycles. The molecule has 0 aliphatic rings. The summed E-state index contributed by atoms with van der Waals surface area (Å²) in [5.74, 6) is 4.76. The zero-order valence-corrected chi connectivity index (χ0v) is 12.3. The minimum absolute atomic E-state index is 0.176. The first kappa shape index (κ1) is 14.9. The highest BCUT2D eigenvalue weighted by atomic mass is 16.2. The lowest BCUT2D eigenvalue weighted by Gasteiger charge is -2.06. The average Bonchev–Trinajstić information content (AvgIpc) is 3.02. The highest BCUT2D eigenvalue weighted by molar-refractivity contribution is 5.75. The third kappa shape index (κ3) is 2.97. The monoisotopic (exact) mass is 312 g/mol. The smallest absolute Gasteiger partial charge is 0.264 e. The molecule has 0 radical (unpaired) electrons. The summed E-state index contributed by atoms with van der Waals surface area (Å²) in [7, 11) is 0. The highest BCUT2D eigenvalue weighted by Gasteiger charge is 2.11. The van der Waals surface area contributed by atoms with Crippen LogP contribution in [0.4, 0.5) is 0 Å². The van der Waals surface area contributed by atoms with E-state index in [2.05, 4.69) is 15.5 Å². The van der Waals surface area contributed by atoms with E-state index in [0.717, 1.165) is 5.69 Å². The van der Waals surface area contributed by atoms with Crippen molar-refractivity contribution in [2.24, 2.45) is 5.84 Å². The molecule has 1 amide bonds. The molecule has 3 rings (SSSR count). The lowest BCUT2D eigenvalue weighted by atomic mass is 10.3. The zero-order valence-electron chi connectivity index (χ0n) is 12.3. The number of para-hydroxylation sites is 1. The molecule has 118 valence electrons. The van der Waals surface area contributed by atoms with Crippen LogP contribution in [0.15, 0.2) is 47.7 Å². The molecule has 2 aromatic heterocycles. The number of aryl methyl sites for hydroxylation is 1. The summed E-state index contributed by atoms with van der Waals surface area (Å²) in [6.07, 6.45) is 3.75. The maximum absolute atomic E-state index is 12.5. The van der Waals surface area contributed by atoms with Gasteiger partial charge in [0, 0.05) is 13.0 Å². The zero-order chi connectivity index (χ0) is 16.2. The van der Waals surface area contributed by atoms with Gasteiger partial charge in [0.1, 0.15) is 5.39 Å². The number of hydrazine groups is 1. The van der Waals surface area contributed by atoms with Crippen LogP contribution in [0.2, 0.25) is 0 Å². The van der Waals surface area contributed by atoms with Gasteiger partial charge in [-0.3, -0.25) is 19.6 Å². The van der Waals surface area contributed by atoms with Crippen LogP contribution in [0.1, 0.15) is 12.8 Å². The normalized spacial score (nSPS) is 10.8. The fourth-order valence-corrected chi connectivity index (χ4v) is 2.35. The molecule has 0 spiro atoms. The Hall–Kier alpha value is -3.00. The van der Waals surface area contributed by atoms with Gasteiger partial charge in [-0.1, -0.05) is 18.2 Å². The molecule has 0 aliphatic heterocycles. The Morgan fingerprint density at radius 2 is 2.04 bits per heavy atom. The molecule has 0 fully saturated rings. The first-order valence-corrected chi connectivity index (χ1v) is 7.19. The third-order valence-electron chi connectivity index (χ3n) is 3.52. The molecule has 3 N–H and O–H groups in total. The van der Waals surface area contributed by atoms with Gasteiger partial charge < -0.3 is 0 Å². The molecule has 1 aromatic carbocycles. The summed E-state index contributed by atoms with van der Waals surface area (Å²) in [4.78, 5) is 27.9. The van der Waals surface area contributed by atoms with Crippen LogP contribution in [0.25, 0.3) is 16.7 Å². The van der Waals surface area contributed by atoms with Gasteiger partial charge in [0.2, 0.25) is 5.91 Å². The van der Waals surface area contributed by atoms with Gasteiger partial charge in [0.15, 0.2) is 5.65 Å². The van der Waals surface area contributed by atoms with Gasteiger partial charge >= 0.3 is 0 Å². The number of aromatic nitrogens is 4. The van der Waals surface area contributed by atoms with Gasteiger partial charge in [-0.2, -0.15) is 5.10 Å². The Labute approximate surface area is 131 Å². The molecule has 3 aromatic rings. The summed E-state index contributed by atoms with van der Waals surface area (Å²) in [5.41, 5.74) is 3.24. The second-order valence-electron chi connectivity index (χ2n) is 5.04. The number of hydrogen-bond acceptors (Lipinski definition) is 5. The van der Waals surface area contributed by atoms with Gasteiger partial charge in [0.05, 0.1) is 18.2 Å². The van der Waals surface area contributed by atoms with Crippen molar-refractivity contribution in [2.45, 2.75) is 19.4 Å². The van der Waals surface area contributed by atoms with Crippen molar-refractivity contribution in [1.82, 2.24) is 24.8 Å². The molecule has 0 atom stereocenters. The second-order valence-corrected chi connectivity index (χ2v) is 5.04. The van der Waals surface area contributed by atoms with E-state index in [9.17, 15) is 9.59 Å². The number of fused-ring (bicyclic) bond motifs is 1. The number of nitrogens with one attached hydrogen (secondary N) is 1. The summed E-state index contributed by atoms with van der Waals surface area (Å²) in [6.45, 7) is 0.395. The van der Waals surface area contributed by atoms with Crippen LogP contribution in [0, 0.1) is 0 Å². The quantitative estimate of drug-likeness (QED) is 0.401. The molecule has 23 heavy (non-hydrogen) atoms. The Kier molecular flexibility index (Phi) is 4.15. The van der Waals surface area contributed by atoms with E-state index < -0.39 is 0 Å². The number of nitrogens with zero attached hydrogens (tertiary/aromatic N) is 4. The molecule has 0 unspecified atom stereocenters. The van der Waals surface area contributed by atoms with E-state index in [4.69, 9.17) is 5.84 Å². The lowest BCUT2D eigenvalue weighted by molar-refractivity contribution is -0.121. The number of rotatable bonds is 5. The largest absolute Gasteiger partial charge is 0.299 e. The van der Waals surface area contributed by atoms with Crippen LogP contribution in [0.3, 0.4) is 0 Å². The van der Waals surface area contributed by atoms with Crippen LogP contribution in [-0.4, -0.2) is 25.2 Å². The number of carbonyl (C=O) groups is 1. The Morgan fingerprint density at radius 3 is 2.78 bits per heavy atom. The number of nitrogens with two attached hydrogens (primary N) is 1. The van der Waals surface area contributed by atoms with Crippen molar-refractivity contribution in [1.29, 1.82) is 0 Å². The lowest BCUT2D eigenvalue weighted by Crippen LogP contribution is -2.30. The Bertz CT molecular complexity index is 884. The van der Waals surface area contributed by atoms with Gasteiger partial charge in [-0.25, -0.2) is 15.5 Å². The first-order chi connectivity index (χ1) is 11.2. The molecule has 8 nitrogen and oxygen atoms in total. The third-order valence-corrected chi connectivity index (χ3v) is 3.52. The van der Waals surface area contributed by atoms with E-state index >= 15 is 0 Å². The van der Waals surface area contributed by atoms with Crippen LogP contribution >= 0.6 is 0 Å². The van der Waals surface area contributed by atoms with E-state index in [1.165, 1.54) is 17.1 Å². The van der Waals surface area contributed by atoms with Crippen molar-refractivity contribution in [3.05, 3.63) is 53.2 Å². The van der Waals surface area contributed by atoms with Crippen molar-refractivity contribution >= 4 is 16.9 Å². The van der Waals surface area contributed by atoms with E-state index in [0.29, 0.717) is 24.0 Å². The molecule has 8 heteroatoms. The molecular formula is C15H16N6O2. The standard InChI is InChI=1S/C15H16N6O2/c16-19-13(22)7-4-8-20-10-17-14-12(15(20)23)9-18-21(14)11-5-2-1-3-6-11/h1-3,5-6,9-10H,4,7-8,16H2,(H,19,22). The molecule has 0 aliphatic carbocycles. The van der Waals surface area contributed by atoms with Crippen molar-refractivity contribution in [3.8, 4) is 5.69 Å². The molecule has 0 saturated carbocycles. The minimum atomic E-state index is -0.260. The fourth-order valence-electron chi connectivity index (χ4n) is 2.35. The number of amides is 1. The van der Waals surface area contributed by atoms with E-state index in [1.807, 2.05) is 30.3 Å². The van der Waals surface area contributed by atoms with Crippen LogP contribution < -0.4 is 16.8 Å². The average molecular weight is 312 g/mol. The predicted molar refractivity (Wildman–Crippen MR) is 84.7 cm³/mol. The highest BCUT2D eigenvalue weighted by Crippen LogP contribution is 2.13. The van der Waals surface area contributed by atoms with Crippen molar-refractivity contribution in [2.75, 3.05) is 0 Å². The second kappa shape index (κ2) is 6.41. The number of carbonyl (C=O) groups excluding carboxylic acids is 1. The van der Waals surface area contributed by atoms with Gasteiger partial charge in [0.25, 0.3) is 5.56 Å². The van der Waals surface area contributed by atoms with Crippen LogP contribution in [-0.2, 0) is 11.3 Å². The van der Waals surface area contributed by atoms with E-state index in [1.54, 1.807) is 4.68 Å². The predicted octanol–water partition coefficient (Wildman–Crippen LogP) is 0.352. The molecule has 0 saturated heterocycles. The summed E-state index contributed by atoms with van der Waals surface area (Å²) in [6, 6.07) is 9.49. The van der Waals surface area contributed by atoms with Crippen molar-refractivity contribution < 1.29 is 4.79 Å². The Balaban J connectivity index is 1.89. The minimum Gasteiger partial charge on any atom is -0.299 e. The topological polar surface area (TPSA) is 108 Å². The maximum atomic E-state index is 12.5. The summed E-state index contributed by atoms with van der Waals surface area (Å²) >= 11 is 0. The van der Waals surface area contributed by atoms with Gasteiger partial charge in [-0.05, 0) is 18.6 Å². The number of benzene rings is 1. The summed E-state index contributed by atoms with van der Waals surface area (Å²) in [5, 5.41) is 4.69.